The van der Waals surface area contributed by atoms with E-state index in [0.29, 0.717) is 25.2 Å². The van der Waals surface area contributed by atoms with Crippen molar-refractivity contribution in [2.24, 2.45) is 0 Å². The van der Waals surface area contributed by atoms with Crippen LogP contribution in [0, 0.1) is 0 Å². The van der Waals surface area contributed by atoms with Crippen LogP contribution in [-0.4, -0.2) is 53.0 Å². The van der Waals surface area contributed by atoms with Crippen LogP contribution >= 0.6 is 12.4 Å². The van der Waals surface area contributed by atoms with E-state index >= 15 is 0 Å². The maximum Gasteiger partial charge on any atom is 0.253 e. The van der Waals surface area contributed by atoms with E-state index < -0.39 is 10.0 Å². The summed E-state index contributed by atoms with van der Waals surface area (Å²) >= 11 is 0. The van der Waals surface area contributed by atoms with Gasteiger partial charge in [-0.15, -0.1) is 12.4 Å². The SMILES string of the molecule is CCNS(=O)(=O)c1cccc(C(=O)N(C)CCNC)c1.Cl. The predicted octanol–water partition coefficient (Wildman–Crippen LogP) is 0.698. The Balaban J connectivity index is 0.00000400. The van der Waals surface area contributed by atoms with Crippen LogP contribution in [0.4, 0.5) is 0 Å². The minimum atomic E-state index is -3.54. The van der Waals surface area contributed by atoms with Gasteiger partial charge in [0, 0.05) is 32.2 Å². The highest BCUT2D eigenvalue weighted by Crippen LogP contribution is 2.12. The molecule has 8 heteroatoms. The quantitative estimate of drug-likeness (QED) is 0.768. The van der Waals surface area contributed by atoms with Gasteiger partial charge in [-0.25, -0.2) is 13.1 Å². The molecule has 1 amide bonds. The molecule has 0 aliphatic rings. The first kappa shape index (κ1) is 19.9. The van der Waals surface area contributed by atoms with Crippen LogP contribution in [0.3, 0.4) is 0 Å². The second kappa shape index (κ2) is 8.99. The topological polar surface area (TPSA) is 78.5 Å². The van der Waals surface area contributed by atoms with Gasteiger partial charge in [-0.1, -0.05) is 13.0 Å². The normalized spacial score (nSPS) is 10.8. The summed E-state index contributed by atoms with van der Waals surface area (Å²) in [4.78, 5) is 13.8. The summed E-state index contributed by atoms with van der Waals surface area (Å²) in [6.45, 7) is 3.25. The summed E-state index contributed by atoms with van der Waals surface area (Å²) in [6.07, 6.45) is 0. The molecule has 0 aliphatic carbocycles. The molecule has 2 N–H and O–H groups in total. The van der Waals surface area contributed by atoms with Gasteiger partial charge in [0.1, 0.15) is 0 Å². The molecular formula is C13H22ClN3O3S. The van der Waals surface area contributed by atoms with Crippen LogP contribution in [0.5, 0.6) is 0 Å². The van der Waals surface area contributed by atoms with Crippen molar-refractivity contribution in [2.45, 2.75) is 11.8 Å². The lowest BCUT2D eigenvalue weighted by molar-refractivity contribution is 0.0796. The lowest BCUT2D eigenvalue weighted by Crippen LogP contribution is -2.33. The Morgan fingerprint density at radius 2 is 2.00 bits per heavy atom. The van der Waals surface area contributed by atoms with Gasteiger partial charge in [0.25, 0.3) is 5.91 Å². The van der Waals surface area contributed by atoms with Crippen LogP contribution in [0.1, 0.15) is 17.3 Å². The lowest BCUT2D eigenvalue weighted by Gasteiger charge is -2.17. The molecule has 0 fully saturated rings. The molecule has 0 bridgehead atoms. The van der Waals surface area contributed by atoms with E-state index in [9.17, 15) is 13.2 Å². The Labute approximate surface area is 132 Å². The fourth-order valence-corrected chi connectivity index (χ4v) is 2.76. The molecule has 21 heavy (non-hydrogen) atoms. The van der Waals surface area contributed by atoms with Gasteiger partial charge >= 0.3 is 0 Å². The molecule has 1 aromatic rings. The number of carbonyl (C=O) groups is 1. The zero-order valence-electron chi connectivity index (χ0n) is 12.4. The number of carbonyl (C=O) groups excluding carboxylic acids is 1. The molecule has 0 atom stereocenters. The fraction of sp³-hybridized carbons (Fsp3) is 0.462. The van der Waals surface area contributed by atoms with Crippen LogP contribution in [0.15, 0.2) is 29.2 Å². The summed E-state index contributed by atoms with van der Waals surface area (Å²) in [7, 11) is -0.0490. The summed E-state index contributed by atoms with van der Waals surface area (Å²) < 4.78 is 26.2. The number of hydrogen-bond acceptors (Lipinski definition) is 4. The molecule has 0 spiro atoms. The van der Waals surface area contributed by atoms with Crippen LogP contribution in [0.2, 0.25) is 0 Å². The van der Waals surface area contributed by atoms with Crippen molar-refractivity contribution in [3.8, 4) is 0 Å². The zero-order chi connectivity index (χ0) is 15.2. The van der Waals surface area contributed by atoms with Gasteiger partial charge in [-0.2, -0.15) is 0 Å². The van der Waals surface area contributed by atoms with Gasteiger partial charge in [0.05, 0.1) is 4.90 Å². The molecule has 0 heterocycles. The number of nitrogens with zero attached hydrogens (tertiary/aromatic N) is 1. The first-order chi connectivity index (χ1) is 9.42. The largest absolute Gasteiger partial charge is 0.340 e. The molecule has 0 saturated carbocycles. The van der Waals surface area contributed by atoms with Gasteiger partial charge in [0.2, 0.25) is 10.0 Å². The fourth-order valence-electron chi connectivity index (χ4n) is 1.67. The third-order valence-electron chi connectivity index (χ3n) is 2.77. The Bertz CT molecular complexity index is 564. The van der Waals surface area contributed by atoms with Gasteiger partial charge < -0.3 is 10.2 Å². The summed E-state index contributed by atoms with van der Waals surface area (Å²) in [5.41, 5.74) is 0.364. The molecule has 6 nitrogen and oxygen atoms in total. The third kappa shape index (κ3) is 5.62. The molecule has 1 aromatic carbocycles. The average Bonchev–Trinajstić information content (AvgIpc) is 2.44. The molecule has 1 rings (SSSR count). The molecule has 0 saturated heterocycles. The third-order valence-corrected chi connectivity index (χ3v) is 4.31. The maximum absolute atomic E-state index is 12.2. The van der Waals surface area contributed by atoms with E-state index in [1.165, 1.54) is 12.1 Å². The second-order valence-electron chi connectivity index (χ2n) is 4.36. The lowest BCUT2D eigenvalue weighted by atomic mass is 10.2. The highest BCUT2D eigenvalue weighted by molar-refractivity contribution is 7.89. The van der Waals surface area contributed by atoms with E-state index in [1.54, 1.807) is 31.0 Å². The first-order valence-electron chi connectivity index (χ1n) is 6.42. The van der Waals surface area contributed by atoms with Crippen molar-refractivity contribution in [3.05, 3.63) is 29.8 Å². The van der Waals surface area contributed by atoms with E-state index in [0.717, 1.165) is 0 Å². The number of halogens is 1. The highest BCUT2D eigenvalue weighted by atomic mass is 35.5. The van der Waals surface area contributed by atoms with Crippen molar-refractivity contribution >= 4 is 28.3 Å². The van der Waals surface area contributed by atoms with E-state index in [1.807, 2.05) is 7.05 Å². The molecule has 120 valence electrons. The highest BCUT2D eigenvalue weighted by Gasteiger charge is 2.16. The van der Waals surface area contributed by atoms with Crippen molar-refractivity contribution in [1.82, 2.24) is 14.9 Å². The Kier molecular flexibility index (Phi) is 8.50. The number of benzene rings is 1. The van der Waals surface area contributed by atoms with Gasteiger partial charge in [-0.05, 0) is 25.2 Å². The Morgan fingerprint density at radius 1 is 1.33 bits per heavy atom. The minimum absolute atomic E-state index is 0. The van der Waals surface area contributed by atoms with E-state index in [4.69, 9.17) is 0 Å². The van der Waals surface area contributed by atoms with Crippen molar-refractivity contribution in [1.29, 1.82) is 0 Å². The molecule has 0 aliphatic heterocycles. The molecule has 0 radical (unpaired) electrons. The number of rotatable bonds is 7. The van der Waals surface area contributed by atoms with Crippen LogP contribution in [-0.2, 0) is 10.0 Å². The standard InChI is InChI=1S/C13H21N3O3S.ClH/c1-4-15-20(18,19)12-7-5-6-11(10-12)13(17)16(3)9-8-14-2;/h5-7,10,14-15H,4,8-9H2,1-3H3;1H. The Morgan fingerprint density at radius 3 is 2.57 bits per heavy atom. The van der Waals surface area contributed by atoms with Crippen molar-refractivity contribution in [2.75, 3.05) is 33.7 Å². The summed E-state index contributed by atoms with van der Waals surface area (Å²) in [6, 6.07) is 6.06. The van der Waals surface area contributed by atoms with Gasteiger partial charge in [0.15, 0.2) is 0 Å². The van der Waals surface area contributed by atoms with Crippen molar-refractivity contribution < 1.29 is 13.2 Å². The first-order valence-corrected chi connectivity index (χ1v) is 7.90. The van der Waals surface area contributed by atoms with E-state index in [2.05, 4.69) is 10.0 Å². The number of nitrogens with one attached hydrogen (secondary N) is 2. The molecular weight excluding hydrogens is 314 g/mol. The number of amides is 1. The monoisotopic (exact) mass is 335 g/mol. The minimum Gasteiger partial charge on any atom is -0.340 e. The summed E-state index contributed by atoms with van der Waals surface area (Å²) in [5.74, 6) is -0.200. The maximum atomic E-state index is 12.2. The number of sulfonamides is 1. The average molecular weight is 336 g/mol. The van der Waals surface area contributed by atoms with E-state index in [-0.39, 0.29) is 23.2 Å². The van der Waals surface area contributed by atoms with Gasteiger partial charge in [-0.3, -0.25) is 4.79 Å². The second-order valence-corrected chi connectivity index (χ2v) is 6.13. The van der Waals surface area contributed by atoms with Crippen molar-refractivity contribution in [3.63, 3.8) is 0 Å². The molecule has 0 unspecified atom stereocenters. The number of hydrogen-bond donors (Lipinski definition) is 2. The molecule has 0 aromatic heterocycles. The van der Waals surface area contributed by atoms with Crippen LogP contribution in [0.25, 0.3) is 0 Å². The predicted molar refractivity (Wildman–Crippen MR) is 85.4 cm³/mol. The smallest absolute Gasteiger partial charge is 0.253 e. The number of likely N-dealkylation sites (N-methyl/N-ethyl adjacent to an activating group) is 2. The Hall–Kier alpha value is -1.15. The summed E-state index contributed by atoms with van der Waals surface area (Å²) in [5, 5.41) is 2.96. The van der Waals surface area contributed by atoms with Crippen LogP contribution < -0.4 is 10.0 Å². The zero-order valence-corrected chi connectivity index (χ0v) is 14.1.